The molecule has 0 amide bonds. The van der Waals surface area contributed by atoms with Crippen LogP contribution in [0.4, 0.5) is 0 Å². The van der Waals surface area contributed by atoms with E-state index in [4.69, 9.17) is 21.1 Å². The molecule has 1 aromatic heterocycles. The van der Waals surface area contributed by atoms with Crippen molar-refractivity contribution in [3.8, 4) is 5.75 Å². The number of hydrogen-bond donors (Lipinski definition) is 0. The van der Waals surface area contributed by atoms with E-state index in [0.29, 0.717) is 27.5 Å². The summed E-state index contributed by atoms with van der Waals surface area (Å²) in [6.45, 7) is 3.68. The van der Waals surface area contributed by atoms with Crippen molar-refractivity contribution in [3.63, 3.8) is 0 Å². The number of benzene rings is 2. The van der Waals surface area contributed by atoms with Gasteiger partial charge in [-0.3, -0.25) is 9.36 Å². The molecular formula is C20H19ClN2O4. The topological polar surface area (TPSA) is 70.4 Å². The Bertz CT molecular complexity index is 1050. The summed E-state index contributed by atoms with van der Waals surface area (Å²) in [5.74, 6) is 0.601. The second kappa shape index (κ2) is 8.22. The van der Waals surface area contributed by atoms with Gasteiger partial charge in [-0.15, -0.1) is 0 Å². The van der Waals surface area contributed by atoms with Crippen LogP contribution in [0.25, 0.3) is 10.9 Å². The number of esters is 1. The standard InChI is InChI=1S/C20H19ClN2O4/c1-13-11-15(7-8-17(13)21)27-12-19(24)26-10-9-23-14(2)22-18-6-4-3-5-16(18)20(23)25/h3-8,11H,9-10,12H2,1-2H3. The van der Waals surface area contributed by atoms with E-state index in [1.807, 2.05) is 13.0 Å². The van der Waals surface area contributed by atoms with Crippen molar-refractivity contribution in [2.75, 3.05) is 13.2 Å². The fourth-order valence-electron chi connectivity index (χ4n) is 2.68. The van der Waals surface area contributed by atoms with Gasteiger partial charge in [0.2, 0.25) is 0 Å². The normalized spacial score (nSPS) is 10.8. The fourth-order valence-corrected chi connectivity index (χ4v) is 2.80. The zero-order valence-corrected chi connectivity index (χ0v) is 15.8. The minimum absolute atomic E-state index is 0.0581. The van der Waals surface area contributed by atoms with Gasteiger partial charge in [-0.25, -0.2) is 9.78 Å². The van der Waals surface area contributed by atoms with Crippen molar-refractivity contribution in [2.24, 2.45) is 0 Å². The maximum atomic E-state index is 12.5. The third kappa shape index (κ3) is 4.46. The molecule has 1 heterocycles. The van der Waals surface area contributed by atoms with Gasteiger partial charge in [0, 0.05) is 5.02 Å². The van der Waals surface area contributed by atoms with Gasteiger partial charge in [-0.1, -0.05) is 23.7 Å². The number of aromatic nitrogens is 2. The third-order valence-electron chi connectivity index (χ3n) is 4.12. The predicted molar refractivity (Wildman–Crippen MR) is 103 cm³/mol. The smallest absolute Gasteiger partial charge is 0.344 e. The van der Waals surface area contributed by atoms with Crippen molar-refractivity contribution in [1.29, 1.82) is 0 Å². The lowest BCUT2D eigenvalue weighted by Gasteiger charge is -2.11. The van der Waals surface area contributed by atoms with E-state index >= 15 is 0 Å². The monoisotopic (exact) mass is 386 g/mol. The zero-order chi connectivity index (χ0) is 19.4. The molecule has 3 aromatic rings. The molecule has 0 unspecified atom stereocenters. The first-order valence-corrected chi connectivity index (χ1v) is 8.84. The molecule has 0 aliphatic carbocycles. The van der Waals surface area contributed by atoms with Crippen molar-refractivity contribution in [2.45, 2.75) is 20.4 Å². The van der Waals surface area contributed by atoms with Crippen LogP contribution in [-0.2, 0) is 16.1 Å². The van der Waals surface area contributed by atoms with E-state index in [-0.39, 0.29) is 25.3 Å². The van der Waals surface area contributed by atoms with Crippen LogP contribution in [0.2, 0.25) is 5.02 Å². The van der Waals surface area contributed by atoms with Gasteiger partial charge >= 0.3 is 5.97 Å². The summed E-state index contributed by atoms with van der Waals surface area (Å²) < 4.78 is 12.1. The molecule has 0 spiro atoms. The molecule has 6 nitrogen and oxygen atoms in total. The Balaban J connectivity index is 1.56. The Morgan fingerprint density at radius 1 is 1.19 bits per heavy atom. The minimum atomic E-state index is -0.512. The highest BCUT2D eigenvalue weighted by molar-refractivity contribution is 6.31. The molecule has 0 fully saturated rings. The molecule has 2 aromatic carbocycles. The summed E-state index contributed by atoms with van der Waals surface area (Å²) in [6, 6.07) is 12.3. The van der Waals surface area contributed by atoms with Gasteiger partial charge in [0.15, 0.2) is 6.61 Å². The van der Waals surface area contributed by atoms with Crippen molar-refractivity contribution < 1.29 is 14.3 Å². The van der Waals surface area contributed by atoms with Crippen LogP contribution in [0.15, 0.2) is 47.3 Å². The first-order chi connectivity index (χ1) is 13.0. The number of aryl methyl sites for hydroxylation is 2. The van der Waals surface area contributed by atoms with Gasteiger partial charge in [-0.05, 0) is 49.7 Å². The SMILES string of the molecule is Cc1cc(OCC(=O)OCCn2c(C)nc3ccccc3c2=O)ccc1Cl. The molecule has 0 saturated heterocycles. The summed E-state index contributed by atoms with van der Waals surface area (Å²) in [7, 11) is 0. The summed E-state index contributed by atoms with van der Waals surface area (Å²) in [5, 5.41) is 1.17. The molecule has 0 saturated carbocycles. The first kappa shape index (κ1) is 18.9. The van der Waals surface area contributed by atoms with E-state index in [2.05, 4.69) is 4.98 Å². The summed E-state index contributed by atoms with van der Waals surface area (Å²) in [6.07, 6.45) is 0. The highest BCUT2D eigenvalue weighted by Crippen LogP contribution is 2.20. The predicted octanol–water partition coefficient (Wildman–Crippen LogP) is 3.29. The summed E-state index contributed by atoms with van der Waals surface area (Å²) >= 11 is 5.95. The number of fused-ring (bicyclic) bond motifs is 1. The molecule has 27 heavy (non-hydrogen) atoms. The second-order valence-corrected chi connectivity index (χ2v) is 6.46. The van der Waals surface area contributed by atoms with Gasteiger partial charge in [0.05, 0.1) is 17.4 Å². The summed E-state index contributed by atoms with van der Waals surface area (Å²) in [5.41, 5.74) is 1.36. The van der Waals surface area contributed by atoms with E-state index in [1.165, 1.54) is 4.57 Å². The number of rotatable bonds is 6. The van der Waals surface area contributed by atoms with Gasteiger partial charge in [0.1, 0.15) is 18.2 Å². The number of nitrogens with zero attached hydrogens (tertiary/aromatic N) is 2. The maximum Gasteiger partial charge on any atom is 0.344 e. The Hall–Kier alpha value is -2.86. The van der Waals surface area contributed by atoms with Crippen molar-refractivity contribution in [1.82, 2.24) is 9.55 Å². The largest absolute Gasteiger partial charge is 0.482 e. The molecule has 0 aliphatic rings. The summed E-state index contributed by atoms with van der Waals surface area (Å²) in [4.78, 5) is 28.8. The Labute approximate surface area is 161 Å². The van der Waals surface area contributed by atoms with E-state index in [1.54, 1.807) is 43.3 Å². The zero-order valence-electron chi connectivity index (χ0n) is 15.1. The maximum absolute atomic E-state index is 12.5. The average molecular weight is 387 g/mol. The molecule has 0 bridgehead atoms. The highest BCUT2D eigenvalue weighted by Gasteiger charge is 2.09. The number of para-hydroxylation sites is 1. The number of hydrogen-bond acceptors (Lipinski definition) is 5. The average Bonchev–Trinajstić information content (AvgIpc) is 2.65. The van der Waals surface area contributed by atoms with Crippen LogP contribution in [0.1, 0.15) is 11.4 Å². The third-order valence-corrected chi connectivity index (χ3v) is 4.54. The van der Waals surface area contributed by atoms with Crippen LogP contribution in [-0.4, -0.2) is 28.7 Å². The minimum Gasteiger partial charge on any atom is -0.482 e. The Kier molecular flexibility index (Phi) is 5.76. The lowest BCUT2D eigenvalue weighted by atomic mass is 10.2. The van der Waals surface area contributed by atoms with E-state index in [0.717, 1.165) is 5.56 Å². The van der Waals surface area contributed by atoms with Crippen LogP contribution >= 0.6 is 11.6 Å². The van der Waals surface area contributed by atoms with Crippen LogP contribution in [0.3, 0.4) is 0 Å². The highest BCUT2D eigenvalue weighted by atomic mass is 35.5. The molecule has 3 rings (SSSR count). The van der Waals surface area contributed by atoms with Gasteiger partial charge in [-0.2, -0.15) is 0 Å². The number of carbonyl (C=O) groups excluding carboxylic acids is 1. The Morgan fingerprint density at radius 3 is 2.74 bits per heavy atom. The quantitative estimate of drug-likeness (QED) is 0.608. The van der Waals surface area contributed by atoms with E-state index < -0.39 is 5.97 Å². The fraction of sp³-hybridized carbons (Fsp3) is 0.250. The molecule has 140 valence electrons. The number of carbonyl (C=O) groups is 1. The van der Waals surface area contributed by atoms with Gasteiger partial charge < -0.3 is 9.47 Å². The van der Waals surface area contributed by atoms with E-state index in [9.17, 15) is 9.59 Å². The Morgan fingerprint density at radius 2 is 1.96 bits per heavy atom. The molecule has 0 N–H and O–H groups in total. The van der Waals surface area contributed by atoms with Crippen molar-refractivity contribution in [3.05, 3.63) is 69.2 Å². The second-order valence-electron chi connectivity index (χ2n) is 6.05. The number of halogens is 1. The lowest BCUT2D eigenvalue weighted by molar-refractivity contribution is -0.146. The molecule has 0 radical (unpaired) electrons. The van der Waals surface area contributed by atoms with Crippen LogP contribution in [0, 0.1) is 13.8 Å². The lowest BCUT2D eigenvalue weighted by Crippen LogP contribution is -2.27. The molecule has 0 aliphatic heterocycles. The van der Waals surface area contributed by atoms with Crippen molar-refractivity contribution >= 4 is 28.5 Å². The number of ether oxygens (including phenoxy) is 2. The van der Waals surface area contributed by atoms with Crippen LogP contribution < -0.4 is 10.3 Å². The molecular weight excluding hydrogens is 368 g/mol. The van der Waals surface area contributed by atoms with Crippen LogP contribution in [0.5, 0.6) is 5.75 Å². The van der Waals surface area contributed by atoms with Gasteiger partial charge in [0.25, 0.3) is 5.56 Å². The molecule has 0 atom stereocenters. The molecule has 7 heteroatoms. The first-order valence-electron chi connectivity index (χ1n) is 8.46.